The number of halogens is 2. The smallest absolute Gasteiger partial charge is 0.248 e. The summed E-state index contributed by atoms with van der Waals surface area (Å²) in [5.41, 5.74) is 1.84. The first-order valence-corrected chi connectivity index (χ1v) is 8.04. The molecule has 0 saturated carbocycles. The Balaban J connectivity index is 2.07. The molecule has 2 amide bonds. The summed E-state index contributed by atoms with van der Waals surface area (Å²) in [6.45, 7) is 1.43. The number of rotatable bonds is 5. The molecule has 0 heterocycles. The molecule has 0 bridgehead atoms. The van der Waals surface area contributed by atoms with Crippen LogP contribution in [0.5, 0.6) is 5.75 Å². The minimum absolute atomic E-state index is 0.158. The van der Waals surface area contributed by atoms with E-state index in [-0.39, 0.29) is 11.8 Å². The highest BCUT2D eigenvalue weighted by Crippen LogP contribution is 2.32. The molecule has 0 saturated heterocycles. The van der Waals surface area contributed by atoms with Crippen LogP contribution in [-0.2, 0) is 9.59 Å². The van der Waals surface area contributed by atoms with Crippen LogP contribution < -0.4 is 15.4 Å². The molecule has 25 heavy (non-hydrogen) atoms. The summed E-state index contributed by atoms with van der Waals surface area (Å²) < 4.78 is 5.22. The lowest BCUT2D eigenvalue weighted by molar-refractivity contribution is -0.114. The molecule has 0 atom stereocenters. The van der Waals surface area contributed by atoms with Gasteiger partial charge in [-0.2, -0.15) is 0 Å². The van der Waals surface area contributed by atoms with Gasteiger partial charge in [0, 0.05) is 35.0 Å². The first kappa shape index (κ1) is 18.8. The van der Waals surface area contributed by atoms with E-state index in [0.717, 1.165) is 0 Å². The van der Waals surface area contributed by atoms with Crippen LogP contribution in [0.25, 0.3) is 6.08 Å². The molecule has 2 aromatic carbocycles. The number of methoxy groups -OCH3 is 1. The molecule has 130 valence electrons. The molecule has 2 aromatic rings. The predicted octanol–water partition coefficient (Wildman–Crippen LogP) is 4.61. The highest BCUT2D eigenvalue weighted by Gasteiger charge is 2.08. The standard InChI is InChI=1S/C18H16Cl2N2O3/c1-11(23)21-14-4-6-15(7-5-14)22-17(24)8-3-12-9-13(19)10-16(20)18(12)25-2/h3-10H,1-2H3,(H,21,23)(H,22,24). The second-order valence-electron chi connectivity index (χ2n) is 5.09. The summed E-state index contributed by atoms with van der Waals surface area (Å²) in [6, 6.07) is 9.98. The fourth-order valence-electron chi connectivity index (χ4n) is 2.11. The Bertz CT molecular complexity index is 818. The normalized spacial score (nSPS) is 10.6. The Kier molecular flexibility index (Phi) is 6.44. The summed E-state index contributed by atoms with van der Waals surface area (Å²) in [5, 5.41) is 6.17. The van der Waals surface area contributed by atoms with Gasteiger partial charge >= 0.3 is 0 Å². The number of benzene rings is 2. The van der Waals surface area contributed by atoms with Crippen molar-refractivity contribution in [1.82, 2.24) is 0 Å². The van der Waals surface area contributed by atoms with Crippen LogP contribution in [0.1, 0.15) is 12.5 Å². The molecule has 5 nitrogen and oxygen atoms in total. The lowest BCUT2D eigenvalue weighted by atomic mass is 10.2. The third kappa shape index (κ3) is 5.52. The summed E-state index contributed by atoms with van der Waals surface area (Å²) in [6.07, 6.45) is 2.92. The van der Waals surface area contributed by atoms with Crippen LogP contribution in [0, 0.1) is 0 Å². The molecule has 0 aromatic heterocycles. The van der Waals surface area contributed by atoms with Gasteiger partial charge in [0.05, 0.1) is 12.1 Å². The maximum atomic E-state index is 12.0. The van der Waals surface area contributed by atoms with Gasteiger partial charge in [0.1, 0.15) is 5.75 Å². The van der Waals surface area contributed by atoms with E-state index in [9.17, 15) is 9.59 Å². The van der Waals surface area contributed by atoms with Crippen molar-refractivity contribution in [3.63, 3.8) is 0 Å². The van der Waals surface area contributed by atoms with Gasteiger partial charge in [-0.05, 0) is 42.5 Å². The van der Waals surface area contributed by atoms with Crippen molar-refractivity contribution < 1.29 is 14.3 Å². The van der Waals surface area contributed by atoms with Crippen LogP contribution in [0.15, 0.2) is 42.5 Å². The van der Waals surface area contributed by atoms with E-state index in [0.29, 0.717) is 32.7 Å². The number of amides is 2. The zero-order chi connectivity index (χ0) is 18.4. The monoisotopic (exact) mass is 378 g/mol. The van der Waals surface area contributed by atoms with Gasteiger partial charge in [0.2, 0.25) is 11.8 Å². The fraction of sp³-hybridized carbons (Fsp3) is 0.111. The number of carbonyl (C=O) groups is 2. The highest BCUT2D eigenvalue weighted by molar-refractivity contribution is 6.36. The third-order valence-corrected chi connectivity index (χ3v) is 3.63. The van der Waals surface area contributed by atoms with Crippen molar-refractivity contribution in [2.24, 2.45) is 0 Å². The summed E-state index contributed by atoms with van der Waals surface area (Å²) in [7, 11) is 1.49. The summed E-state index contributed by atoms with van der Waals surface area (Å²) in [5.74, 6) is -0.0472. The van der Waals surface area contributed by atoms with Gasteiger partial charge in [0.15, 0.2) is 0 Å². The second-order valence-corrected chi connectivity index (χ2v) is 5.93. The number of hydrogen-bond acceptors (Lipinski definition) is 3. The van der Waals surface area contributed by atoms with Crippen molar-refractivity contribution in [3.05, 3.63) is 58.1 Å². The molecule has 0 spiro atoms. The number of carbonyl (C=O) groups excluding carboxylic acids is 2. The topological polar surface area (TPSA) is 67.4 Å². The molecule has 0 radical (unpaired) electrons. The number of anilines is 2. The van der Waals surface area contributed by atoms with Crippen LogP contribution in [-0.4, -0.2) is 18.9 Å². The van der Waals surface area contributed by atoms with Crippen molar-refractivity contribution in [1.29, 1.82) is 0 Å². The second kappa shape index (κ2) is 8.55. The lowest BCUT2D eigenvalue weighted by Gasteiger charge is -2.08. The first-order valence-electron chi connectivity index (χ1n) is 7.29. The van der Waals surface area contributed by atoms with E-state index in [1.54, 1.807) is 42.5 Å². The fourth-order valence-corrected chi connectivity index (χ4v) is 2.70. The van der Waals surface area contributed by atoms with Crippen LogP contribution in [0.2, 0.25) is 10.0 Å². The van der Waals surface area contributed by atoms with Crippen molar-refractivity contribution >= 4 is 52.5 Å². The molecule has 2 rings (SSSR count). The average Bonchev–Trinajstić information content (AvgIpc) is 2.54. The predicted molar refractivity (Wildman–Crippen MR) is 101 cm³/mol. The van der Waals surface area contributed by atoms with Crippen LogP contribution in [0.4, 0.5) is 11.4 Å². The molecule has 0 aliphatic rings. The zero-order valence-corrected chi connectivity index (χ0v) is 15.1. The maximum Gasteiger partial charge on any atom is 0.248 e. The summed E-state index contributed by atoms with van der Waals surface area (Å²) in [4.78, 5) is 23.0. The molecular formula is C18H16Cl2N2O3. The van der Waals surface area contributed by atoms with Crippen molar-refractivity contribution in [3.8, 4) is 5.75 Å². The van der Waals surface area contributed by atoms with Gasteiger partial charge in [-0.3, -0.25) is 9.59 Å². The third-order valence-electron chi connectivity index (χ3n) is 3.13. The number of ether oxygens (including phenoxy) is 1. The van der Waals surface area contributed by atoms with E-state index in [2.05, 4.69) is 10.6 Å². The Morgan fingerprint density at radius 1 is 1.04 bits per heavy atom. The molecule has 0 unspecified atom stereocenters. The Hall–Kier alpha value is -2.50. The van der Waals surface area contributed by atoms with E-state index in [1.807, 2.05) is 0 Å². The van der Waals surface area contributed by atoms with E-state index >= 15 is 0 Å². The van der Waals surface area contributed by atoms with Gasteiger partial charge < -0.3 is 15.4 Å². The van der Waals surface area contributed by atoms with Crippen molar-refractivity contribution in [2.45, 2.75) is 6.92 Å². The van der Waals surface area contributed by atoms with Crippen LogP contribution >= 0.6 is 23.2 Å². The summed E-state index contributed by atoms with van der Waals surface area (Å²) >= 11 is 12.0. The lowest BCUT2D eigenvalue weighted by Crippen LogP contribution is -2.08. The minimum Gasteiger partial charge on any atom is -0.495 e. The molecule has 0 aliphatic carbocycles. The molecule has 2 N–H and O–H groups in total. The molecule has 0 aliphatic heterocycles. The number of nitrogens with one attached hydrogen (secondary N) is 2. The van der Waals surface area contributed by atoms with Crippen LogP contribution in [0.3, 0.4) is 0 Å². The SMILES string of the molecule is COc1c(Cl)cc(Cl)cc1C=CC(=O)Nc1ccc(NC(C)=O)cc1. The molecule has 0 fully saturated rings. The maximum absolute atomic E-state index is 12.0. The van der Waals surface area contributed by atoms with E-state index in [1.165, 1.54) is 20.1 Å². The Morgan fingerprint density at radius 2 is 1.64 bits per heavy atom. The van der Waals surface area contributed by atoms with Crippen molar-refractivity contribution in [2.75, 3.05) is 17.7 Å². The minimum atomic E-state index is -0.328. The van der Waals surface area contributed by atoms with Gasteiger partial charge in [0.25, 0.3) is 0 Å². The Morgan fingerprint density at radius 3 is 2.20 bits per heavy atom. The largest absolute Gasteiger partial charge is 0.495 e. The van der Waals surface area contributed by atoms with Gasteiger partial charge in [-0.25, -0.2) is 0 Å². The number of hydrogen-bond donors (Lipinski definition) is 2. The molecular weight excluding hydrogens is 363 g/mol. The van der Waals surface area contributed by atoms with Gasteiger partial charge in [-0.15, -0.1) is 0 Å². The highest BCUT2D eigenvalue weighted by atomic mass is 35.5. The van der Waals surface area contributed by atoms with E-state index in [4.69, 9.17) is 27.9 Å². The Labute approximate surface area is 155 Å². The zero-order valence-electron chi connectivity index (χ0n) is 13.6. The van der Waals surface area contributed by atoms with Gasteiger partial charge in [-0.1, -0.05) is 23.2 Å². The van der Waals surface area contributed by atoms with E-state index < -0.39 is 0 Å². The quantitative estimate of drug-likeness (QED) is 0.746. The average molecular weight is 379 g/mol. The molecule has 7 heteroatoms. The first-order chi connectivity index (χ1) is 11.9.